The van der Waals surface area contributed by atoms with Gasteiger partial charge in [0.25, 0.3) is 0 Å². The molecule has 0 saturated heterocycles. The Morgan fingerprint density at radius 2 is 1.79 bits per heavy atom. The first-order valence-electron chi connectivity index (χ1n) is 6.63. The van der Waals surface area contributed by atoms with E-state index in [4.69, 9.17) is 5.73 Å². The summed E-state index contributed by atoms with van der Waals surface area (Å²) in [6.07, 6.45) is 4.63. The highest BCUT2D eigenvalue weighted by Crippen LogP contribution is 2.14. The maximum atomic E-state index is 6.20. The summed E-state index contributed by atoms with van der Waals surface area (Å²) in [6.45, 7) is 1.92. The van der Waals surface area contributed by atoms with Gasteiger partial charge in [0.2, 0.25) is 0 Å². The van der Waals surface area contributed by atoms with Crippen molar-refractivity contribution < 1.29 is 0 Å². The van der Waals surface area contributed by atoms with Gasteiger partial charge in [-0.3, -0.25) is 4.98 Å². The molecule has 0 bridgehead atoms. The lowest BCUT2D eigenvalue weighted by atomic mass is 10.0. The fourth-order valence-corrected chi connectivity index (χ4v) is 2.11. The minimum atomic E-state index is 0.112. The van der Waals surface area contributed by atoms with E-state index in [0.717, 1.165) is 19.5 Å². The molecule has 1 heterocycles. The van der Waals surface area contributed by atoms with Crippen molar-refractivity contribution in [1.82, 2.24) is 9.88 Å². The van der Waals surface area contributed by atoms with Crippen LogP contribution in [0.4, 0.5) is 0 Å². The quantitative estimate of drug-likeness (QED) is 0.862. The molecule has 1 aromatic carbocycles. The van der Waals surface area contributed by atoms with E-state index in [1.54, 1.807) is 0 Å². The third-order valence-corrected chi connectivity index (χ3v) is 3.25. The molecule has 1 unspecified atom stereocenters. The van der Waals surface area contributed by atoms with E-state index in [0.29, 0.717) is 0 Å². The molecule has 19 heavy (non-hydrogen) atoms. The molecule has 2 aromatic rings. The number of nitrogens with zero attached hydrogens (tertiary/aromatic N) is 2. The van der Waals surface area contributed by atoms with E-state index in [2.05, 4.69) is 29.1 Å². The summed E-state index contributed by atoms with van der Waals surface area (Å²) in [4.78, 5) is 6.32. The van der Waals surface area contributed by atoms with Crippen LogP contribution in [0, 0.1) is 0 Å². The van der Waals surface area contributed by atoms with Crippen LogP contribution < -0.4 is 5.73 Å². The molecule has 1 aromatic heterocycles. The Morgan fingerprint density at radius 1 is 1.11 bits per heavy atom. The summed E-state index contributed by atoms with van der Waals surface area (Å²) < 4.78 is 0. The lowest BCUT2D eigenvalue weighted by Crippen LogP contribution is -2.23. The van der Waals surface area contributed by atoms with E-state index in [-0.39, 0.29) is 6.04 Å². The maximum absolute atomic E-state index is 6.20. The number of hydrogen-bond donors (Lipinski definition) is 1. The van der Waals surface area contributed by atoms with Gasteiger partial charge in [0.05, 0.1) is 0 Å². The van der Waals surface area contributed by atoms with Crippen molar-refractivity contribution in [3.05, 3.63) is 66.0 Å². The van der Waals surface area contributed by atoms with Crippen LogP contribution in [0.15, 0.2) is 54.9 Å². The largest absolute Gasteiger partial charge is 0.324 e. The topological polar surface area (TPSA) is 42.1 Å². The Balaban J connectivity index is 1.79. The smallest absolute Gasteiger partial charge is 0.0307 e. The Labute approximate surface area is 115 Å². The molecule has 2 rings (SSSR count). The van der Waals surface area contributed by atoms with E-state index < -0.39 is 0 Å². The molecule has 3 heteroatoms. The van der Waals surface area contributed by atoms with Gasteiger partial charge in [-0.05, 0) is 43.3 Å². The van der Waals surface area contributed by atoms with Crippen LogP contribution in [0.5, 0.6) is 0 Å². The van der Waals surface area contributed by atoms with Gasteiger partial charge in [-0.2, -0.15) is 0 Å². The minimum absolute atomic E-state index is 0.112. The molecule has 0 spiro atoms. The molecule has 0 aliphatic carbocycles. The van der Waals surface area contributed by atoms with Crippen LogP contribution >= 0.6 is 0 Å². The zero-order valence-corrected chi connectivity index (χ0v) is 11.4. The van der Waals surface area contributed by atoms with E-state index >= 15 is 0 Å². The molecule has 0 saturated carbocycles. The average Bonchev–Trinajstić information content (AvgIpc) is 2.47. The Hall–Kier alpha value is -1.71. The van der Waals surface area contributed by atoms with Gasteiger partial charge in [0, 0.05) is 25.0 Å². The van der Waals surface area contributed by atoms with Gasteiger partial charge < -0.3 is 10.6 Å². The number of hydrogen-bond acceptors (Lipinski definition) is 3. The highest BCUT2D eigenvalue weighted by atomic mass is 15.1. The van der Waals surface area contributed by atoms with Crippen LogP contribution in [0.25, 0.3) is 0 Å². The number of benzene rings is 1. The van der Waals surface area contributed by atoms with Crippen molar-refractivity contribution in [3.8, 4) is 0 Å². The normalized spacial score (nSPS) is 12.6. The highest BCUT2D eigenvalue weighted by molar-refractivity contribution is 5.18. The summed E-state index contributed by atoms with van der Waals surface area (Å²) in [5.41, 5.74) is 8.69. The maximum Gasteiger partial charge on any atom is 0.0307 e. The number of rotatable bonds is 6. The summed E-state index contributed by atoms with van der Waals surface area (Å²) in [5.74, 6) is 0. The lowest BCUT2D eigenvalue weighted by molar-refractivity contribution is 0.311. The van der Waals surface area contributed by atoms with E-state index in [9.17, 15) is 0 Å². The Bertz CT molecular complexity index is 470. The minimum Gasteiger partial charge on any atom is -0.324 e. The fourth-order valence-electron chi connectivity index (χ4n) is 2.11. The molecule has 100 valence electrons. The molecule has 0 radical (unpaired) electrons. The summed E-state index contributed by atoms with van der Waals surface area (Å²) in [5, 5.41) is 0. The third kappa shape index (κ3) is 4.47. The summed E-state index contributed by atoms with van der Waals surface area (Å²) >= 11 is 0. The van der Waals surface area contributed by atoms with Gasteiger partial charge in [0.15, 0.2) is 0 Å². The number of aromatic nitrogens is 1. The molecular weight excluding hydrogens is 234 g/mol. The van der Waals surface area contributed by atoms with Gasteiger partial charge in [-0.25, -0.2) is 0 Å². The number of nitrogens with two attached hydrogens (primary N) is 1. The SMILES string of the molecule is CN(CCC(N)c1ccccc1)Cc1ccncc1. The molecule has 2 N–H and O–H groups in total. The second-order valence-corrected chi connectivity index (χ2v) is 4.90. The highest BCUT2D eigenvalue weighted by Gasteiger charge is 2.07. The lowest BCUT2D eigenvalue weighted by Gasteiger charge is -2.19. The second kappa shape index (κ2) is 7.02. The summed E-state index contributed by atoms with van der Waals surface area (Å²) in [6, 6.07) is 14.5. The zero-order valence-electron chi connectivity index (χ0n) is 11.4. The zero-order chi connectivity index (χ0) is 13.5. The van der Waals surface area contributed by atoms with Crippen molar-refractivity contribution in [2.24, 2.45) is 5.73 Å². The van der Waals surface area contributed by atoms with Gasteiger partial charge in [-0.15, -0.1) is 0 Å². The van der Waals surface area contributed by atoms with Crippen molar-refractivity contribution in [1.29, 1.82) is 0 Å². The van der Waals surface area contributed by atoms with Crippen molar-refractivity contribution >= 4 is 0 Å². The van der Waals surface area contributed by atoms with Crippen LogP contribution in [0.1, 0.15) is 23.6 Å². The van der Waals surface area contributed by atoms with Crippen LogP contribution in [-0.4, -0.2) is 23.5 Å². The predicted molar refractivity (Wildman–Crippen MR) is 78.6 cm³/mol. The molecule has 0 aliphatic heterocycles. The van der Waals surface area contributed by atoms with Crippen molar-refractivity contribution in [2.75, 3.05) is 13.6 Å². The second-order valence-electron chi connectivity index (χ2n) is 4.90. The molecular formula is C16H21N3. The monoisotopic (exact) mass is 255 g/mol. The Morgan fingerprint density at radius 3 is 2.47 bits per heavy atom. The van der Waals surface area contributed by atoms with Crippen LogP contribution in [0.3, 0.4) is 0 Å². The van der Waals surface area contributed by atoms with Gasteiger partial charge in [0.1, 0.15) is 0 Å². The first-order valence-corrected chi connectivity index (χ1v) is 6.63. The fraction of sp³-hybridized carbons (Fsp3) is 0.312. The van der Waals surface area contributed by atoms with Crippen molar-refractivity contribution in [2.45, 2.75) is 19.0 Å². The number of pyridine rings is 1. The van der Waals surface area contributed by atoms with Gasteiger partial charge in [-0.1, -0.05) is 30.3 Å². The Kier molecular flexibility index (Phi) is 5.07. The van der Waals surface area contributed by atoms with Gasteiger partial charge >= 0.3 is 0 Å². The molecule has 3 nitrogen and oxygen atoms in total. The van der Waals surface area contributed by atoms with Crippen molar-refractivity contribution in [3.63, 3.8) is 0 Å². The summed E-state index contributed by atoms with van der Waals surface area (Å²) in [7, 11) is 2.12. The first-order chi connectivity index (χ1) is 9.25. The first kappa shape index (κ1) is 13.7. The molecule has 1 atom stereocenters. The average molecular weight is 255 g/mol. The van der Waals surface area contributed by atoms with Crippen LogP contribution in [0.2, 0.25) is 0 Å². The van der Waals surface area contributed by atoms with E-state index in [1.807, 2.05) is 42.7 Å². The van der Waals surface area contributed by atoms with Crippen LogP contribution in [-0.2, 0) is 6.54 Å². The third-order valence-electron chi connectivity index (χ3n) is 3.25. The standard InChI is InChI=1S/C16H21N3/c1-19(13-14-7-10-18-11-8-14)12-9-16(17)15-5-3-2-4-6-15/h2-8,10-11,16H,9,12-13,17H2,1H3. The molecule has 0 amide bonds. The molecule has 0 aliphatic rings. The van der Waals surface area contributed by atoms with E-state index in [1.165, 1.54) is 11.1 Å². The predicted octanol–water partition coefficient (Wildman–Crippen LogP) is 2.60. The molecule has 0 fully saturated rings.